The van der Waals surface area contributed by atoms with Crippen molar-refractivity contribution in [3.63, 3.8) is 0 Å². The fraction of sp³-hybridized carbons (Fsp3) is 0.440. The first-order chi connectivity index (χ1) is 15.4. The van der Waals surface area contributed by atoms with Crippen LogP contribution >= 0.6 is 0 Å². The molecule has 2 aromatic rings. The zero-order valence-electron chi connectivity index (χ0n) is 18.8. The van der Waals surface area contributed by atoms with Gasteiger partial charge in [0.25, 0.3) is 0 Å². The van der Waals surface area contributed by atoms with E-state index >= 15 is 0 Å². The molecule has 0 bridgehead atoms. The van der Waals surface area contributed by atoms with Gasteiger partial charge in [0, 0.05) is 56.3 Å². The molecule has 1 fully saturated rings. The quantitative estimate of drug-likeness (QED) is 0.730. The zero-order chi connectivity index (χ0) is 22.7. The van der Waals surface area contributed by atoms with E-state index in [4.69, 9.17) is 10.7 Å². The zero-order valence-corrected chi connectivity index (χ0v) is 18.8. The fourth-order valence-electron chi connectivity index (χ4n) is 4.62. The van der Waals surface area contributed by atoms with Crippen LogP contribution in [0.15, 0.2) is 42.6 Å². The molecule has 2 aliphatic rings. The van der Waals surface area contributed by atoms with Crippen molar-refractivity contribution in [2.24, 2.45) is 11.7 Å². The Morgan fingerprint density at radius 1 is 1.12 bits per heavy atom. The Kier molecular flexibility index (Phi) is 6.53. The highest BCUT2D eigenvalue weighted by molar-refractivity contribution is 5.94. The third-order valence-electron chi connectivity index (χ3n) is 6.48. The van der Waals surface area contributed by atoms with Gasteiger partial charge in [-0.25, -0.2) is 9.97 Å². The number of aromatic nitrogens is 2. The Hall–Kier alpha value is -3.22. The average Bonchev–Trinajstić information content (AvgIpc) is 2.84. The minimum atomic E-state index is -0.455. The normalized spacial score (nSPS) is 19.1. The second-order valence-electron chi connectivity index (χ2n) is 8.89. The van der Waals surface area contributed by atoms with E-state index in [0.717, 1.165) is 62.0 Å². The second kappa shape index (κ2) is 9.51. The number of nitrogens with zero attached hydrogens (tertiary/aromatic N) is 4. The van der Waals surface area contributed by atoms with Crippen molar-refractivity contribution >= 4 is 17.8 Å². The van der Waals surface area contributed by atoms with Gasteiger partial charge in [0.2, 0.25) is 17.8 Å². The number of carbonyl (C=O) groups excluding carboxylic acids is 2. The van der Waals surface area contributed by atoms with Crippen LogP contribution in [0.3, 0.4) is 0 Å². The van der Waals surface area contributed by atoms with Crippen molar-refractivity contribution < 1.29 is 9.59 Å². The van der Waals surface area contributed by atoms with Crippen LogP contribution in [0.2, 0.25) is 0 Å². The summed E-state index contributed by atoms with van der Waals surface area (Å²) in [5.74, 6) is 0.840. The minimum absolute atomic E-state index is 0.128. The van der Waals surface area contributed by atoms with E-state index in [-0.39, 0.29) is 11.8 Å². The Bertz CT molecular complexity index is 1020. The van der Waals surface area contributed by atoms with Gasteiger partial charge in [0.15, 0.2) is 0 Å². The molecule has 1 saturated heterocycles. The number of benzene rings is 1. The van der Waals surface area contributed by atoms with Gasteiger partial charge in [-0.2, -0.15) is 0 Å². The molecule has 1 aliphatic heterocycles. The molecular weight excluding hydrogens is 402 g/mol. The molecule has 32 heavy (non-hydrogen) atoms. The summed E-state index contributed by atoms with van der Waals surface area (Å²) in [6.07, 6.45) is 10.7. The molecule has 1 aliphatic carbocycles. The third-order valence-corrected chi connectivity index (χ3v) is 6.48. The SMILES string of the molecule is CN(C)c1ncc(-c2cccc(C(N)=O)c2)c(C2CCN(C(=O)C3CC=CCC3)CC2)n1. The lowest BCUT2D eigenvalue weighted by Gasteiger charge is -2.35. The van der Waals surface area contributed by atoms with E-state index in [9.17, 15) is 9.59 Å². The smallest absolute Gasteiger partial charge is 0.248 e. The van der Waals surface area contributed by atoms with Crippen LogP contribution in [0.5, 0.6) is 0 Å². The van der Waals surface area contributed by atoms with Gasteiger partial charge in [-0.1, -0.05) is 24.3 Å². The lowest BCUT2D eigenvalue weighted by Crippen LogP contribution is -2.41. The van der Waals surface area contributed by atoms with Gasteiger partial charge in [-0.3, -0.25) is 9.59 Å². The van der Waals surface area contributed by atoms with E-state index < -0.39 is 5.91 Å². The summed E-state index contributed by atoms with van der Waals surface area (Å²) >= 11 is 0. The molecule has 0 saturated carbocycles. The predicted octanol–water partition coefficient (Wildman–Crippen LogP) is 3.37. The molecule has 1 unspecified atom stereocenters. The Labute approximate surface area is 189 Å². The number of allylic oxidation sites excluding steroid dienone is 2. The average molecular weight is 434 g/mol. The molecule has 2 heterocycles. The monoisotopic (exact) mass is 433 g/mol. The summed E-state index contributed by atoms with van der Waals surface area (Å²) in [7, 11) is 3.85. The van der Waals surface area contributed by atoms with Crippen LogP contribution in [-0.2, 0) is 4.79 Å². The summed E-state index contributed by atoms with van der Waals surface area (Å²) in [6.45, 7) is 1.48. The maximum absolute atomic E-state index is 12.9. The van der Waals surface area contributed by atoms with Crippen LogP contribution in [0.1, 0.15) is 54.1 Å². The van der Waals surface area contributed by atoms with Crippen molar-refractivity contribution in [3.05, 3.63) is 53.9 Å². The Balaban J connectivity index is 1.58. The molecule has 1 aromatic carbocycles. The highest BCUT2D eigenvalue weighted by atomic mass is 16.2. The first-order valence-electron chi connectivity index (χ1n) is 11.3. The number of likely N-dealkylation sites (tertiary alicyclic amines) is 1. The Morgan fingerprint density at radius 3 is 2.56 bits per heavy atom. The molecule has 1 atom stereocenters. The number of anilines is 1. The largest absolute Gasteiger partial charge is 0.366 e. The van der Waals surface area contributed by atoms with Gasteiger partial charge in [0.1, 0.15) is 0 Å². The van der Waals surface area contributed by atoms with E-state index in [1.54, 1.807) is 12.1 Å². The molecule has 4 rings (SSSR count). The molecule has 168 valence electrons. The van der Waals surface area contributed by atoms with Crippen LogP contribution < -0.4 is 10.6 Å². The van der Waals surface area contributed by atoms with Crippen LogP contribution in [0, 0.1) is 5.92 Å². The molecular formula is C25H31N5O2. The van der Waals surface area contributed by atoms with Crippen molar-refractivity contribution in [2.45, 2.75) is 38.0 Å². The maximum Gasteiger partial charge on any atom is 0.248 e. The van der Waals surface area contributed by atoms with Gasteiger partial charge in [-0.05, 0) is 49.8 Å². The van der Waals surface area contributed by atoms with E-state index in [1.807, 2.05) is 42.2 Å². The van der Waals surface area contributed by atoms with Gasteiger partial charge < -0.3 is 15.5 Å². The number of hydrogen-bond donors (Lipinski definition) is 1. The minimum Gasteiger partial charge on any atom is -0.366 e. The number of carbonyl (C=O) groups is 2. The third kappa shape index (κ3) is 4.66. The van der Waals surface area contributed by atoms with Crippen molar-refractivity contribution in [1.82, 2.24) is 14.9 Å². The number of nitrogens with two attached hydrogens (primary N) is 1. The molecule has 2 N–H and O–H groups in total. The topological polar surface area (TPSA) is 92.4 Å². The molecule has 1 aromatic heterocycles. The summed E-state index contributed by atoms with van der Waals surface area (Å²) < 4.78 is 0. The highest BCUT2D eigenvalue weighted by Gasteiger charge is 2.30. The summed E-state index contributed by atoms with van der Waals surface area (Å²) in [4.78, 5) is 38.0. The van der Waals surface area contributed by atoms with Crippen LogP contribution in [0.4, 0.5) is 5.95 Å². The van der Waals surface area contributed by atoms with Gasteiger partial charge in [0.05, 0.1) is 5.69 Å². The van der Waals surface area contributed by atoms with Gasteiger partial charge in [-0.15, -0.1) is 0 Å². The van der Waals surface area contributed by atoms with Gasteiger partial charge >= 0.3 is 0 Å². The van der Waals surface area contributed by atoms with E-state index in [2.05, 4.69) is 17.1 Å². The molecule has 2 amide bonds. The maximum atomic E-state index is 12.9. The highest BCUT2D eigenvalue weighted by Crippen LogP contribution is 2.35. The van der Waals surface area contributed by atoms with Crippen LogP contribution in [-0.4, -0.2) is 53.9 Å². The lowest BCUT2D eigenvalue weighted by molar-refractivity contribution is -0.136. The Morgan fingerprint density at radius 2 is 1.91 bits per heavy atom. The molecule has 0 radical (unpaired) electrons. The summed E-state index contributed by atoms with van der Waals surface area (Å²) in [5.41, 5.74) is 8.73. The number of rotatable bonds is 5. The first-order valence-corrected chi connectivity index (χ1v) is 11.3. The fourth-order valence-corrected chi connectivity index (χ4v) is 4.62. The van der Waals surface area contributed by atoms with Crippen molar-refractivity contribution in [3.8, 4) is 11.1 Å². The number of piperidine rings is 1. The lowest BCUT2D eigenvalue weighted by atomic mass is 9.87. The molecule has 7 nitrogen and oxygen atoms in total. The summed E-state index contributed by atoms with van der Waals surface area (Å²) in [5, 5.41) is 0. The second-order valence-corrected chi connectivity index (χ2v) is 8.89. The number of amides is 2. The van der Waals surface area contributed by atoms with Crippen molar-refractivity contribution in [1.29, 1.82) is 0 Å². The predicted molar refractivity (Wildman–Crippen MR) is 125 cm³/mol. The molecule has 0 spiro atoms. The number of hydrogen-bond acceptors (Lipinski definition) is 5. The summed E-state index contributed by atoms with van der Waals surface area (Å²) in [6, 6.07) is 7.30. The molecule has 7 heteroatoms. The van der Waals surface area contributed by atoms with E-state index in [0.29, 0.717) is 17.4 Å². The van der Waals surface area contributed by atoms with E-state index in [1.165, 1.54) is 0 Å². The first kappa shape index (κ1) is 22.0. The van der Waals surface area contributed by atoms with Crippen LogP contribution in [0.25, 0.3) is 11.1 Å². The van der Waals surface area contributed by atoms with Crippen molar-refractivity contribution in [2.75, 3.05) is 32.1 Å². The number of primary amides is 1. The standard InChI is InChI=1S/C25H31N5O2/c1-29(2)25-27-16-21(19-9-6-10-20(15-19)23(26)31)22(28-25)17-11-13-30(14-12-17)24(32)18-7-4-3-5-8-18/h3-4,6,9-10,15-18H,5,7-8,11-14H2,1-2H3,(H2,26,31).